The summed E-state index contributed by atoms with van der Waals surface area (Å²) in [6.07, 6.45) is 8.87. The summed E-state index contributed by atoms with van der Waals surface area (Å²) < 4.78 is 35.4. The Kier molecular flexibility index (Phi) is 10.1. The number of nitrogens with one attached hydrogen (secondary N) is 1. The Bertz CT molecular complexity index is 768. The first kappa shape index (κ1) is 26.0. The van der Waals surface area contributed by atoms with Gasteiger partial charge in [-0.2, -0.15) is 0 Å². The highest BCUT2D eigenvalue weighted by atomic mass is 32.2. The van der Waals surface area contributed by atoms with Gasteiger partial charge in [0.25, 0.3) is 0 Å². The Morgan fingerprint density at radius 3 is 2.26 bits per heavy atom. The molecule has 1 fully saturated rings. The van der Waals surface area contributed by atoms with Crippen LogP contribution in [-0.4, -0.2) is 39.7 Å². The zero-order valence-electron chi connectivity index (χ0n) is 20.2. The molecule has 31 heavy (non-hydrogen) atoms. The number of unbranched alkanes of at least 4 members (excludes halogenated alkanes) is 1. The number of ether oxygens (including phenoxy) is 2. The van der Waals surface area contributed by atoms with Crippen LogP contribution in [0, 0.1) is 11.8 Å². The first-order chi connectivity index (χ1) is 14.7. The molecule has 1 aromatic rings. The molecule has 0 atom stereocenters. The van der Waals surface area contributed by atoms with Crippen molar-refractivity contribution in [1.82, 2.24) is 5.32 Å². The van der Waals surface area contributed by atoms with E-state index in [2.05, 4.69) is 11.4 Å². The maximum atomic E-state index is 12.7. The minimum absolute atomic E-state index is 0.357. The Balaban J connectivity index is 1.60. The second-order valence-corrected chi connectivity index (χ2v) is 12.3. The summed E-state index contributed by atoms with van der Waals surface area (Å²) in [6.45, 7) is 7.54. The van der Waals surface area contributed by atoms with Gasteiger partial charge in [0.2, 0.25) is 0 Å². The van der Waals surface area contributed by atoms with E-state index in [-0.39, 0.29) is 0 Å². The summed E-state index contributed by atoms with van der Waals surface area (Å²) in [4.78, 5) is 0. The minimum Gasteiger partial charge on any atom is -0.493 e. The highest BCUT2D eigenvalue weighted by Crippen LogP contribution is 2.34. The summed E-state index contributed by atoms with van der Waals surface area (Å²) in [6, 6.07) is 6.03. The Morgan fingerprint density at radius 1 is 1.00 bits per heavy atom. The van der Waals surface area contributed by atoms with E-state index in [0.29, 0.717) is 18.1 Å². The largest absolute Gasteiger partial charge is 0.493 e. The summed E-state index contributed by atoms with van der Waals surface area (Å²) in [7, 11) is 0.301. The molecule has 0 heterocycles. The third kappa shape index (κ3) is 7.67. The molecule has 6 heteroatoms. The van der Waals surface area contributed by atoms with Gasteiger partial charge in [0.15, 0.2) is 21.3 Å². The fourth-order valence-corrected chi connectivity index (χ4v) is 6.19. The number of methoxy groups -OCH3 is 2. The second-order valence-electron chi connectivity index (χ2n) is 9.64. The number of hydrogen-bond acceptors (Lipinski definition) is 5. The number of benzene rings is 1. The smallest absolute Gasteiger partial charge is 0.161 e. The molecule has 178 valence electrons. The van der Waals surface area contributed by atoms with Gasteiger partial charge in [0.1, 0.15) is 0 Å². The molecule has 0 aromatic heterocycles. The molecule has 1 saturated carbocycles. The van der Waals surface area contributed by atoms with Gasteiger partial charge in [-0.05, 0) is 75.6 Å². The normalized spacial score (nSPS) is 19.9. The highest BCUT2D eigenvalue weighted by molar-refractivity contribution is 7.92. The highest BCUT2D eigenvalue weighted by Gasteiger charge is 2.35. The molecule has 0 radical (unpaired) electrons. The van der Waals surface area contributed by atoms with Gasteiger partial charge in [0.05, 0.1) is 24.7 Å². The summed E-state index contributed by atoms with van der Waals surface area (Å²) in [5.74, 6) is 3.02. The lowest BCUT2D eigenvalue weighted by molar-refractivity contribution is 0.272. The quantitative estimate of drug-likeness (QED) is 0.407. The molecule has 0 amide bonds. The molecule has 2 rings (SSSR count). The van der Waals surface area contributed by atoms with Gasteiger partial charge in [-0.15, -0.1) is 0 Å². The molecule has 0 aliphatic heterocycles. The van der Waals surface area contributed by atoms with Crippen molar-refractivity contribution in [3.05, 3.63) is 23.8 Å². The van der Waals surface area contributed by atoms with Crippen LogP contribution < -0.4 is 14.8 Å². The molecule has 0 unspecified atom stereocenters. The number of sulfone groups is 1. The molecule has 0 spiro atoms. The van der Waals surface area contributed by atoms with Crippen molar-refractivity contribution >= 4 is 9.84 Å². The average molecular weight is 454 g/mol. The van der Waals surface area contributed by atoms with Crippen molar-refractivity contribution in [2.24, 2.45) is 11.8 Å². The first-order valence-electron chi connectivity index (χ1n) is 11.9. The van der Waals surface area contributed by atoms with E-state index < -0.39 is 14.6 Å². The van der Waals surface area contributed by atoms with Gasteiger partial charge in [0, 0.05) is 6.54 Å². The fraction of sp³-hybridized carbons (Fsp3) is 0.760. The monoisotopic (exact) mass is 453 g/mol. The standard InChI is InChI=1S/C25H43NO4S/c1-6-25(2,3)31(27,28)19-21-12-10-20(11-13-21)9-7-8-16-26-18-22-14-15-23(29-4)24(17-22)30-5/h14-15,17,20-21,26H,6-13,16,18-19H2,1-5H3. The van der Waals surface area contributed by atoms with E-state index in [1.165, 1.54) is 37.7 Å². The van der Waals surface area contributed by atoms with Crippen molar-refractivity contribution in [2.75, 3.05) is 26.5 Å². The molecular weight excluding hydrogens is 410 g/mol. The Hall–Kier alpha value is -1.27. The van der Waals surface area contributed by atoms with Crippen LogP contribution in [0.1, 0.15) is 77.7 Å². The van der Waals surface area contributed by atoms with Crippen molar-refractivity contribution in [3.63, 3.8) is 0 Å². The van der Waals surface area contributed by atoms with Crippen LogP contribution in [0.3, 0.4) is 0 Å². The average Bonchev–Trinajstić information content (AvgIpc) is 2.76. The zero-order valence-corrected chi connectivity index (χ0v) is 21.0. The Morgan fingerprint density at radius 2 is 1.65 bits per heavy atom. The summed E-state index contributed by atoms with van der Waals surface area (Å²) in [5, 5.41) is 3.52. The van der Waals surface area contributed by atoms with Gasteiger partial charge in [-0.25, -0.2) is 8.42 Å². The predicted octanol–water partition coefficient (Wildman–Crippen LogP) is 5.37. The van der Waals surface area contributed by atoms with Crippen LogP contribution in [0.25, 0.3) is 0 Å². The van der Waals surface area contributed by atoms with Crippen molar-refractivity contribution in [3.8, 4) is 11.5 Å². The predicted molar refractivity (Wildman–Crippen MR) is 129 cm³/mol. The van der Waals surface area contributed by atoms with E-state index in [1.807, 2.05) is 32.9 Å². The van der Waals surface area contributed by atoms with Crippen LogP contribution in [0.5, 0.6) is 11.5 Å². The number of hydrogen-bond donors (Lipinski definition) is 1. The van der Waals surface area contributed by atoms with Gasteiger partial charge >= 0.3 is 0 Å². The van der Waals surface area contributed by atoms with Crippen LogP contribution in [0.2, 0.25) is 0 Å². The van der Waals surface area contributed by atoms with E-state index >= 15 is 0 Å². The molecule has 1 aliphatic carbocycles. The fourth-order valence-electron chi connectivity index (χ4n) is 4.35. The minimum atomic E-state index is -3.01. The van der Waals surface area contributed by atoms with E-state index in [0.717, 1.165) is 43.3 Å². The van der Waals surface area contributed by atoms with Gasteiger partial charge in [-0.3, -0.25) is 0 Å². The second kappa shape index (κ2) is 12.1. The van der Waals surface area contributed by atoms with Crippen LogP contribution in [0.4, 0.5) is 0 Å². The molecule has 0 bridgehead atoms. The third-order valence-corrected chi connectivity index (χ3v) is 9.99. The van der Waals surface area contributed by atoms with Crippen molar-refractivity contribution in [1.29, 1.82) is 0 Å². The zero-order chi connectivity index (χ0) is 22.9. The lowest BCUT2D eigenvalue weighted by Gasteiger charge is -2.31. The van der Waals surface area contributed by atoms with Crippen molar-refractivity contribution < 1.29 is 17.9 Å². The lowest BCUT2D eigenvalue weighted by atomic mass is 9.80. The third-order valence-electron chi connectivity index (χ3n) is 7.11. The summed E-state index contributed by atoms with van der Waals surface area (Å²) >= 11 is 0. The van der Waals surface area contributed by atoms with Gasteiger partial charge < -0.3 is 14.8 Å². The van der Waals surface area contributed by atoms with Crippen LogP contribution in [-0.2, 0) is 16.4 Å². The number of rotatable bonds is 13. The topological polar surface area (TPSA) is 64.6 Å². The molecule has 1 aromatic carbocycles. The Labute approximate surface area is 190 Å². The van der Waals surface area contributed by atoms with Crippen molar-refractivity contribution in [2.45, 2.75) is 83.4 Å². The maximum Gasteiger partial charge on any atom is 0.161 e. The molecule has 5 nitrogen and oxygen atoms in total. The van der Waals surface area contributed by atoms with E-state index in [1.54, 1.807) is 14.2 Å². The lowest BCUT2D eigenvalue weighted by Crippen LogP contribution is -2.36. The van der Waals surface area contributed by atoms with E-state index in [4.69, 9.17) is 9.47 Å². The van der Waals surface area contributed by atoms with Crippen LogP contribution in [0.15, 0.2) is 18.2 Å². The molecular formula is C25H43NO4S. The molecule has 1 N–H and O–H groups in total. The molecule has 1 aliphatic rings. The van der Waals surface area contributed by atoms with Gasteiger partial charge in [-0.1, -0.05) is 38.7 Å². The maximum absolute atomic E-state index is 12.7. The van der Waals surface area contributed by atoms with E-state index in [9.17, 15) is 8.42 Å². The SMILES string of the molecule is CCC(C)(C)S(=O)(=O)CC1CCC(CCCCNCc2ccc(OC)c(OC)c2)CC1. The van der Waals surface area contributed by atoms with Crippen LogP contribution >= 0.6 is 0 Å². The summed E-state index contributed by atoms with van der Waals surface area (Å²) in [5.41, 5.74) is 1.19. The first-order valence-corrected chi connectivity index (χ1v) is 13.5. The molecule has 0 saturated heterocycles.